The average molecular weight is 230 g/mol. The molecule has 0 saturated heterocycles. The van der Waals surface area contributed by atoms with E-state index in [4.69, 9.17) is 0 Å². The van der Waals surface area contributed by atoms with Crippen LogP contribution in [-0.2, 0) is 4.79 Å². The van der Waals surface area contributed by atoms with Gasteiger partial charge >= 0.3 is 0 Å². The van der Waals surface area contributed by atoms with Crippen LogP contribution in [0.5, 0.6) is 0 Å². The summed E-state index contributed by atoms with van der Waals surface area (Å²) in [6, 6.07) is 10.00. The van der Waals surface area contributed by atoms with Crippen molar-refractivity contribution < 1.29 is 4.79 Å². The maximum absolute atomic E-state index is 12.1. The molecule has 1 aromatic rings. The van der Waals surface area contributed by atoms with Crippen molar-refractivity contribution in [1.82, 2.24) is 0 Å². The summed E-state index contributed by atoms with van der Waals surface area (Å²) >= 11 is 0. The van der Waals surface area contributed by atoms with Gasteiger partial charge in [-0.25, -0.2) is 0 Å². The monoisotopic (exact) mass is 230 g/mol. The SMILES string of the molecule is CCCC/C=C(\C(=O)CCC)c1ccccc1. The molecule has 0 aliphatic heterocycles. The van der Waals surface area contributed by atoms with Crippen molar-refractivity contribution in [3.8, 4) is 0 Å². The molecule has 17 heavy (non-hydrogen) atoms. The van der Waals surface area contributed by atoms with Crippen LogP contribution in [0.4, 0.5) is 0 Å². The van der Waals surface area contributed by atoms with Crippen molar-refractivity contribution in [2.75, 3.05) is 0 Å². The molecule has 0 unspecified atom stereocenters. The van der Waals surface area contributed by atoms with Crippen LogP contribution in [0.3, 0.4) is 0 Å². The lowest BCUT2D eigenvalue weighted by atomic mass is 9.97. The van der Waals surface area contributed by atoms with Crippen LogP contribution < -0.4 is 0 Å². The third kappa shape index (κ3) is 4.56. The zero-order chi connectivity index (χ0) is 12.5. The molecule has 0 bridgehead atoms. The molecule has 1 aromatic carbocycles. The second kappa shape index (κ2) is 7.83. The lowest BCUT2D eigenvalue weighted by Crippen LogP contribution is -2.01. The van der Waals surface area contributed by atoms with Gasteiger partial charge in [0.05, 0.1) is 0 Å². The second-order valence-corrected chi connectivity index (χ2v) is 4.30. The minimum atomic E-state index is 0.273. The molecule has 0 saturated carbocycles. The van der Waals surface area contributed by atoms with E-state index in [0.717, 1.165) is 30.4 Å². The van der Waals surface area contributed by atoms with E-state index in [2.05, 4.69) is 13.0 Å². The molecule has 0 heterocycles. The van der Waals surface area contributed by atoms with Gasteiger partial charge in [-0.3, -0.25) is 4.79 Å². The molecule has 0 radical (unpaired) electrons. The molecular weight excluding hydrogens is 208 g/mol. The predicted molar refractivity (Wildman–Crippen MR) is 73.9 cm³/mol. The molecule has 1 rings (SSSR count). The summed E-state index contributed by atoms with van der Waals surface area (Å²) in [5.41, 5.74) is 1.96. The normalized spacial score (nSPS) is 11.5. The van der Waals surface area contributed by atoms with E-state index < -0.39 is 0 Å². The minimum Gasteiger partial charge on any atom is -0.294 e. The van der Waals surface area contributed by atoms with Crippen molar-refractivity contribution in [2.24, 2.45) is 0 Å². The van der Waals surface area contributed by atoms with Gasteiger partial charge in [-0.1, -0.05) is 63.1 Å². The topological polar surface area (TPSA) is 17.1 Å². The standard InChI is InChI=1S/C16H22O/c1-3-5-7-13-15(16(17)10-4-2)14-11-8-6-9-12-14/h6,8-9,11-13H,3-5,7,10H2,1-2H3/b15-13-. The van der Waals surface area contributed by atoms with E-state index in [1.54, 1.807) is 0 Å². The van der Waals surface area contributed by atoms with Crippen LogP contribution in [0.25, 0.3) is 5.57 Å². The number of rotatable bonds is 7. The molecular formula is C16H22O. The number of Topliss-reactive ketones (excluding diaryl/α,β-unsaturated/α-hetero) is 1. The smallest absolute Gasteiger partial charge is 0.163 e. The summed E-state index contributed by atoms with van der Waals surface area (Å²) < 4.78 is 0. The fraction of sp³-hybridized carbons (Fsp3) is 0.438. The van der Waals surface area contributed by atoms with Crippen LogP contribution in [0.2, 0.25) is 0 Å². The highest BCUT2D eigenvalue weighted by Gasteiger charge is 2.09. The van der Waals surface area contributed by atoms with Crippen molar-refractivity contribution in [2.45, 2.75) is 46.0 Å². The van der Waals surface area contributed by atoms with Gasteiger partial charge in [0.2, 0.25) is 0 Å². The minimum absolute atomic E-state index is 0.273. The zero-order valence-electron chi connectivity index (χ0n) is 10.9. The molecule has 0 aliphatic rings. The Hall–Kier alpha value is -1.37. The lowest BCUT2D eigenvalue weighted by Gasteiger charge is -2.06. The highest BCUT2D eigenvalue weighted by molar-refractivity contribution is 6.20. The molecule has 0 N–H and O–H groups in total. The van der Waals surface area contributed by atoms with Gasteiger partial charge in [-0.05, 0) is 18.4 Å². The number of allylic oxidation sites excluding steroid dienone is 2. The first-order valence-electron chi connectivity index (χ1n) is 6.58. The number of ketones is 1. The molecule has 0 amide bonds. The van der Waals surface area contributed by atoms with Gasteiger partial charge in [0.25, 0.3) is 0 Å². The molecule has 92 valence electrons. The number of benzene rings is 1. The molecule has 1 nitrogen and oxygen atoms in total. The summed E-state index contributed by atoms with van der Waals surface area (Å²) in [5, 5.41) is 0. The van der Waals surface area contributed by atoms with Crippen LogP contribution in [0.1, 0.15) is 51.5 Å². The van der Waals surface area contributed by atoms with Crippen LogP contribution >= 0.6 is 0 Å². The molecule has 0 aliphatic carbocycles. The predicted octanol–water partition coefficient (Wildman–Crippen LogP) is 4.63. The third-order valence-corrected chi connectivity index (χ3v) is 2.77. The molecule has 0 fully saturated rings. The Bertz CT molecular complexity index is 362. The summed E-state index contributed by atoms with van der Waals surface area (Å²) in [4.78, 5) is 12.1. The van der Waals surface area contributed by atoms with E-state index in [1.807, 2.05) is 37.3 Å². The quantitative estimate of drug-likeness (QED) is 0.493. The van der Waals surface area contributed by atoms with E-state index in [1.165, 1.54) is 6.42 Å². The van der Waals surface area contributed by atoms with E-state index in [-0.39, 0.29) is 5.78 Å². The summed E-state index contributed by atoms with van der Waals surface area (Å²) in [6.45, 7) is 4.22. The van der Waals surface area contributed by atoms with Crippen molar-refractivity contribution in [3.63, 3.8) is 0 Å². The van der Waals surface area contributed by atoms with Crippen molar-refractivity contribution in [3.05, 3.63) is 42.0 Å². The number of carbonyl (C=O) groups is 1. The number of unbranched alkanes of at least 4 members (excludes halogenated alkanes) is 2. The maximum atomic E-state index is 12.1. The summed E-state index contributed by atoms with van der Waals surface area (Å²) in [7, 11) is 0. The van der Waals surface area contributed by atoms with E-state index >= 15 is 0 Å². The number of carbonyl (C=O) groups excluding carboxylic acids is 1. The second-order valence-electron chi connectivity index (χ2n) is 4.30. The fourth-order valence-electron chi connectivity index (χ4n) is 1.82. The van der Waals surface area contributed by atoms with Gasteiger partial charge in [0.1, 0.15) is 0 Å². The summed E-state index contributed by atoms with van der Waals surface area (Å²) in [6.07, 6.45) is 6.98. The summed E-state index contributed by atoms with van der Waals surface area (Å²) in [5.74, 6) is 0.273. The molecule has 1 heteroatoms. The first-order chi connectivity index (χ1) is 8.29. The molecule has 0 aromatic heterocycles. The first kappa shape index (κ1) is 13.7. The molecule has 0 atom stereocenters. The Balaban J connectivity index is 2.86. The Morgan fingerprint density at radius 1 is 1.12 bits per heavy atom. The highest BCUT2D eigenvalue weighted by Crippen LogP contribution is 2.19. The number of hydrogen-bond donors (Lipinski definition) is 0. The lowest BCUT2D eigenvalue weighted by molar-refractivity contribution is -0.113. The largest absolute Gasteiger partial charge is 0.294 e. The van der Waals surface area contributed by atoms with Crippen molar-refractivity contribution in [1.29, 1.82) is 0 Å². The number of hydrogen-bond acceptors (Lipinski definition) is 1. The third-order valence-electron chi connectivity index (χ3n) is 2.77. The van der Waals surface area contributed by atoms with Gasteiger partial charge in [0.15, 0.2) is 5.78 Å². The zero-order valence-corrected chi connectivity index (χ0v) is 10.9. The van der Waals surface area contributed by atoms with Crippen LogP contribution in [0, 0.1) is 0 Å². The van der Waals surface area contributed by atoms with E-state index in [0.29, 0.717) is 6.42 Å². The van der Waals surface area contributed by atoms with Gasteiger partial charge in [-0.15, -0.1) is 0 Å². The fourth-order valence-corrected chi connectivity index (χ4v) is 1.82. The van der Waals surface area contributed by atoms with E-state index in [9.17, 15) is 4.79 Å². The average Bonchev–Trinajstić information content (AvgIpc) is 2.36. The van der Waals surface area contributed by atoms with Crippen molar-refractivity contribution >= 4 is 11.4 Å². The highest BCUT2D eigenvalue weighted by atomic mass is 16.1. The Labute approximate surface area is 105 Å². The molecule has 0 spiro atoms. The van der Waals surface area contributed by atoms with Crippen LogP contribution in [0.15, 0.2) is 36.4 Å². The maximum Gasteiger partial charge on any atom is 0.163 e. The Kier molecular flexibility index (Phi) is 6.31. The van der Waals surface area contributed by atoms with Gasteiger partial charge < -0.3 is 0 Å². The van der Waals surface area contributed by atoms with Gasteiger partial charge in [-0.2, -0.15) is 0 Å². The Morgan fingerprint density at radius 3 is 2.41 bits per heavy atom. The van der Waals surface area contributed by atoms with Gasteiger partial charge in [0, 0.05) is 12.0 Å². The Morgan fingerprint density at radius 2 is 1.82 bits per heavy atom. The first-order valence-corrected chi connectivity index (χ1v) is 6.58. The van der Waals surface area contributed by atoms with Crippen LogP contribution in [-0.4, -0.2) is 5.78 Å².